The van der Waals surface area contributed by atoms with Crippen LogP contribution >= 0.6 is 0 Å². The van der Waals surface area contributed by atoms with E-state index in [0.717, 1.165) is 21.3 Å². The number of nitriles is 1. The van der Waals surface area contributed by atoms with Crippen molar-refractivity contribution in [3.63, 3.8) is 0 Å². The highest BCUT2D eigenvalue weighted by atomic mass is 19.2. The lowest BCUT2D eigenvalue weighted by molar-refractivity contribution is 0.198. The normalized spacial score (nSPS) is 15.3. The van der Waals surface area contributed by atoms with Crippen molar-refractivity contribution in [1.82, 2.24) is 19.1 Å². The molecule has 182 valence electrons. The fourth-order valence-corrected chi connectivity index (χ4v) is 4.25. The third kappa shape index (κ3) is 3.75. The minimum Gasteiger partial charge on any atom is -0.480 e. The Morgan fingerprint density at radius 3 is 2.58 bits per heavy atom. The van der Waals surface area contributed by atoms with E-state index >= 15 is 0 Å². The first kappa shape index (κ1) is 23.1. The third-order valence-corrected chi connectivity index (χ3v) is 5.95. The molecule has 0 bridgehead atoms. The Kier molecular flexibility index (Phi) is 5.69. The van der Waals surface area contributed by atoms with Crippen molar-refractivity contribution in [3.8, 4) is 23.3 Å². The summed E-state index contributed by atoms with van der Waals surface area (Å²) in [6.07, 6.45) is 2.42. The average molecular weight is 492 g/mol. The van der Waals surface area contributed by atoms with Crippen LogP contribution in [0.5, 0.6) is 5.88 Å². The molecule has 0 radical (unpaired) electrons. The number of ether oxygens (including phenoxy) is 1. The Morgan fingerprint density at radius 1 is 1.11 bits per heavy atom. The highest BCUT2D eigenvalue weighted by Gasteiger charge is 2.26. The van der Waals surface area contributed by atoms with Crippen LogP contribution in [0.15, 0.2) is 52.3 Å². The zero-order chi connectivity index (χ0) is 25.6. The molecular formula is C24H18F2N6O4. The van der Waals surface area contributed by atoms with E-state index in [1.54, 1.807) is 4.90 Å². The largest absolute Gasteiger partial charge is 0.480 e. The Hall–Kier alpha value is -4.63. The van der Waals surface area contributed by atoms with Crippen molar-refractivity contribution >= 4 is 16.7 Å². The first-order chi connectivity index (χ1) is 17.3. The molecule has 1 fully saturated rings. The third-order valence-electron chi connectivity index (χ3n) is 5.95. The maximum absolute atomic E-state index is 14.2. The maximum atomic E-state index is 14.2. The maximum Gasteiger partial charge on any atom is 0.340 e. The number of nitrogens with zero attached hydrogens (tertiary/aromatic N) is 6. The average Bonchev–Trinajstić information content (AvgIpc) is 3.31. The summed E-state index contributed by atoms with van der Waals surface area (Å²) < 4.78 is 35.2. The number of hydrogen-bond donors (Lipinski definition) is 1. The summed E-state index contributed by atoms with van der Waals surface area (Å²) in [5.74, 6) is -2.08. The topological polar surface area (TPSA) is 126 Å². The number of benzene rings is 1. The number of fused-ring (bicyclic) bond motifs is 1. The second-order valence-electron chi connectivity index (χ2n) is 8.17. The number of hydrogen-bond acceptors (Lipinski definition) is 8. The Balaban J connectivity index is 1.92. The van der Waals surface area contributed by atoms with Crippen molar-refractivity contribution in [2.45, 2.75) is 12.5 Å². The molecule has 1 aliphatic rings. The molecule has 5 rings (SSSR count). The highest BCUT2D eigenvalue weighted by Crippen LogP contribution is 2.29. The first-order valence-electron chi connectivity index (χ1n) is 10.8. The van der Waals surface area contributed by atoms with Gasteiger partial charge in [-0.25, -0.2) is 18.1 Å². The van der Waals surface area contributed by atoms with Crippen LogP contribution in [0.25, 0.3) is 22.3 Å². The van der Waals surface area contributed by atoms with Crippen LogP contribution in [-0.2, 0) is 0 Å². The Labute approximate surface area is 201 Å². The lowest BCUT2D eigenvalue weighted by atomic mass is 10.2. The number of aromatic nitrogens is 4. The smallest absolute Gasteiger partial charge is 0.340 e. The van der Waals surface area contributed by atoms with Crippen molar-refractivity contribution in [1.29, 1.82) is 5.26 Å². The molecule has 12 heteroatoms. The summed E-state index contributed by atoms with van der Waals surface area (Å²) >= 11 is 0. The molecule has 1 saturated heterocycles. The van der Waals surface area contributed by atoms with Gasteiger partial charge in [-0.15, -0.1) is 0 Å². The monoisotopic (exact) mass is 492 g/mol. The highest BCUT2D eigenvalue weighted by molar-refractivity contribution is 5.87. The summed E-state index contributed by atoms with van der Waals surface area (Å²) in [5.41, 5.74) is -1.62. The fourth-order valence-electron chi connectivity index (χ4n) is 4.25. The van der Waals surface area contributed by atoms with Crippen molar-refractivity contribution < 1.29 is 18.6 Å². The molecule has 3 aromatic heterocycles. The standard InChI is InChI=1S/C24H18F2N6O4/c1-36-22-21-19(8-20(29-22)30-5-4-16(33)12-30)31(14-2-3-17(25)18(26)7-14)24(35)32(23(21)34)15-6-13(9-27)10-28-11-15/h2-3,6-8,10-11,16,33H,4-5,12H2,1H3/t16-/m1/s1. The van der Waals surface area contributed by atoms with Crippen LogP contribution in [-0.4, -0.2) is 50.5 Å². The van der Waals surface area contributed by atoms with Crippen LogP contribution in [0.3, 0.4) is 0 Å². The molecule has 0 spiro atoms. The fraction of sp³-hybridized carbons (Fsp3) is 0.208. The molecule has 4 aromatic rings. The van der Waals surface area contributed by atoms with E-state index in [4.69, 9.17) is 4.74 Å². The minimum absolute atomic E-state index is 0.00363. The molecule has 10 nitrogen and oxygen atoms in total. The number of aliphatic hydroxyl groups is 1. The van der Waals surface area contributed by atoms with E-state index in [-0.39, 0.29) is 40.3 Å². The Bertz CT molecular complexity index is 1680. The molecule has 0 aliphatic carbocycles. The summed E-state index contributed by atoms with van der Waals surface area (Å²) in [7, 11) is 1.30. The van der Waals surface area contributed by atoms with Gasteiger partial charge in [0.15, 0.2) is 11.6 Å². The molecule has 36 heavy (non-hydrogen) atoms. The number of pyridine rings is 2. The van der Waals surface area contributed by atoms with Gasteiger partial charge in [-0.2, -0.15) is 10.2 Å². The zero-order valence-electron chi connectivity index (χ0n) is 18.9. The molecule has 1 aliphatic heterocycles. The second kappa shape index (κ2) is 8.86. The Morgan fingerprint density at radius 2 is 1.92 bits per heavy atom. The van der Waals surface area contributed by atoms with Gasteiger partial charge in [-0.05, 0) is 24.6 Å². The van der Waals surface area contributed by atoms with Crippen molar-refractivity contribution in [2.24, 2.45) is 0 Å². The van der Waals surface area contributed by atoms with Crippen LogP contribution in [0.2, 0.25) is 0 Å². The van der Waals surface area contributed by atoms with Crippen molar-refractivity contribution in [3.05, 3.63) is 80.8 Å². The van der Waals surface area contributed by atoms with E-state index in [1.807, 2.05) is 6.07 Å². The van der Waals surface area contributed by atoms with Gasteiger partial charge in [0.1, 0.15) is 17.3 Å². The van der Waals surface area contributed by atoms with E-state index in [2.05, 4.69) is 9.97 Å². The molecule has 1 aromatic carbocycles. The number of anilines is 1. The van der Waals surface area contributed by atoms with Gasteiger partial charge in [-0.1, -0.05) is 0 Å². The summed E-state index contributed by atoms with van der Waals surface area (Å²) in [5, 5.41) is 19.1. The lowest BCUT2D eigenvalue weighted by Gasteiger charge is -2.20. The second-order valence-corrected chi connectivity index (χ2v) is 8.17. The van der Waals surface area contributed by atoms with Gasteiger partial charge in [-0.3, -0.25) is 14.3 Å². The molecule has 4 heterocycles. The number of β-amino-alcohol motifs (C(OH)–C–C–N with tert-alkyl or cyclic N) is 1. The molecule has 0 saturated carbocycles. The zero-order valence-corrected chi connectivity index (χ0v) is 18.9. The first-order valence-corrected chi connectivity index (χ1v) is 10.8. The molecule has 0 amide bonds. The predicted octanol–water partition coefficient (Wildman–Crippen LogP) is 1.66. The van der Waals surface area contributed by atoms with E-state index < -0.39 is 29.0 Å². The summed E-state index contributed by atoms with van der Waals surface area (Å²) in [6.45, 7) is 0.753. The van der Waals surface area contributed by atoms with E-state index in [0.29, 0.717) is 18.8 Å². The van der Waals surface area contributed by atoms with Gasteiger partial charge in [0.25, 0.3) is 5.56 Å². The minimum atomic E-state index is -1.19. The number of halogens is 2. The van der Waals surface area contributed by atoms with Gasteiger partial charge in [0, 0.05) is 31.4 Å². The van der Waals surface area contributed by atoms with Gasteiger partial charge >= 0.3 is 5.69 Å². The molecule has 0 unspecified atom stereocenters. The number of aliphatic hydroxyl groups excluding tert-OH is 1. The van der Waals surface area contributed by atoms with Crippen molar-refractivity contribution in [2.75, 3.05) is 25.1 Å². The number of methoxy groups -OCH3 is 1. The summed E-state index contributed by atoms with van der Waals surface area (Å²) in [6, 6.07) is 7.57. The van der Waals surface area contributed by atoms with E-state index in [1.165, 1.54) is 37.7 Å². The van der Waals surface area contributed by atoms with Gasteiger partial charge in [0.2, 0.25) is 5.88 Å². The lowest BCUT2D eigenvalue weighted by Crippen LogP contribution is -2.39. The molecule has 1 N–H and O–H groups in total. The van der Waals surface area contributed by atoms with Crippen LogP contribution < -0.4 is 20.9 Å². The molecular weight excluding hydrogens is 474 g/mol. The molecule has 1 atom stereocenters. The van der Waals surface area contributed by atoms with Crippen LogP contribution in [0.4, 0.5) is 14.6 Å². The van der Waals surface area contributed by atoms with Gasteiger partial charge < -0.3 is 14.7 Å². The quantitative estimate of drug-likeness (QED) is 0.456. The SMILES string of the molecule is COc1nc(N2CC[C@@H](O)C2)cc2c1c(=O)n(-c1cncc(C#N)c1)c(=O)n2-c1ccc(F)c(F)c1. The number of rotatable bonds is 4. The van der Waals surface area contributed by atoms with Crippen LogP contribution in [0, 0.1) is 23.0 Å². The van der Waals surface area contributed by atoms with Gasteiger partial charge in [0.05, 0.1) is 41.9 Å². The van der Waals surface area contributed by atoms with Crippen LogP contribution in [0.1, 0.15) is 12.0 Å². The van der Waals surface area contributed by atoms with E-state index in [9.17, 15) is 28.7 Å². The summed E-state index contributed by atoms with van der Waals surface area (Å²) in [4.78, 5) is 37.5. The predicted molar refractivity (Wildman–Crippen MR) is 125 cm³/mol.